The van der Waals surface area contributed by atoms with E-state index < -0.39 is 6.04 Å². The molecule has 0 saturated carbocycles. The third-order valence-corrected chi connectivity index (χ3v) is 10.3. The van der Waals surface area contributed by atoms with E-state index in [0.717, 1.165) is 64.4 Å². The molecule has 234 valence electrons. The standard InChI is InChI=1S/C45H28N4S/c1-4-13-29(14-5-1)34-20-12-21-37-36-25-23-32(28-41(36)50-42(34)37)45-47-43(30-15-6-2-7-16-30)46-44(48-45)31-24-26-40-38(27-31)35-19-10-11-22-39(35)49(40)33-17-8-3-9-18-33/h1-28H/i1D,4D,5D,13D,14D. The summed E-state index contributed by atoms with van der Waals surface area (Å²) in [4.78, 5) is 15.1. The van der Waals surface area contributed by atoms with Crippen LogP contribution >= 0.6 is 11.3 Å². The van der Waals surface area contributed by atoms with Crippen LogP contribution in [0.1, 0.15) is 6.85 Å². The summed E-state index contributed by atoms with van der Waals surface area (Å²) < 4.78 is 46.0. The van der Waals surface area contributed by atoms with Crippen molar-refractivity contribution in [3.05, 3.63) is 170 Å². The van der Waals surface area contributed by atoms with Crippen molar-refractivity contribution in [3.63, 3.8) is 0 Å². The Hall–Kier alpha value is -6.43. The third-order valence-electron chi connectivity index (χ3n) is 9.14. The van der Waals surface area contributed by atoms with Gasteiger partial charge >= 0.3 is 0 Å². The minimum atomic E-state index is -0.405. The van der Waals surface area contributed by atoms with Crippen molar-refractivity contribution in [1.82, 2.24) is 19.5 Å². The SMILES string of the molecule is [2H]c1c([2H])c([2H])c(-c2cccc3c2sc2cc(-c4nc(-c5ccccc5)nc(-c5ccc6c(c5)c5ccccc5n6-c5ccccc5)n4)ccc23)c([2H])c1[2H]. The molecule has 0 aliphatic heterocycles. The van der Waals surface area contributed by atoms with Gasteiger partial charge in [-0.2, -0.15) is 0 Å². The van der Waals surface area contributed by atoms with E-state index in [9.17, 15) is 0 Å². The normalized spacial score (nSPS) is 13.0. The Labute approximate surface area is 299 Å². The number of hydrogen-bond acceptors (Lipinski definition) is 4. The van der Waals surface area contributed by atoms with Gasteiger partial charge in [0.2, 0.25) is 0 Å². The zero-order chi connectivity index (χ0) is 37.4. The number of rotatable bonds is 5. The van der Waals surface area contributed by atoms with Gasteiger partial charge in [-0.25, -0.2) is 15.0 Å². The van der Waals surface area contributed by atoms with Gasteiger partial charge in [-0.15, -0.1) is 11.3 Å². The quantitative estimate of drug-likeness (QED) is 0.184. The molecule has 50 heavy (non-hydrogen) atoms. The fourth-order valence-corrected chi connectivity index (χ4v) is 8.10. The minimum Gasteiger partial charge on any atom is -0.309 e. The van der Waals surface area contributed by atoms with Crippen molar-refractivity contribution in [1.29, 1.82) is 0 Å². The summed E-state index contributed by atoms with van der Waals surface area (Å²) in [5.74, 6) is 1.65. The molecule has 0 unspecified atom stereocenters. The summed E-state index contributed by atoms with van der Waals surface area (Å²) in [6, 6.07) is 45.4. The van der Waals surface area contributed by atoms with Gasteiger partial charge < -0.3 is 4.57 Å². The monoisotopic (exact) mass is 661 g/mol. The highest BCUT2D eigenvalue weighted by Crippen LogP contribution is 2.41. The molecule has 10 rings (SSSR count). The molecule has 0 radical (unpaired) electrons. The molecule has 0 N–H and O–H groups in total. The lowest BCUT2D eigenvalue weighted by Crippen LogP contribution is -2.00. The topological polar surface area (TPSA) is 43.6 Å². The maximum Gasteiger partial charge on any atom is 0.164 e. The van der Waals surface area contributed by atoms with Crippen LogP contribution in [0.25, 0.3) is 93.0 Å². The predicted molar refractivity (Wildman–Crippen MR) is 209 cm³/mol. The summed E-state index contributed by atoms with van der Waals surface area (Å²) in [6.07, 6.45) is 0. The van der Waals surface area contributed by atoms with E-state index in [4.69, 9.17) is 21.8 Å². The molecule has 0 saturated heterocycles. The van der Waals surface area contributed by atoms with Crippen LogP contribution in [0.2, 0.25) is 0 Å². The molecule has 0 aliphatic carbocycles. The van der Waals surface area contributed by atoms with Crippen LogP contribution < -0.4 is 0 Å². The smallest absolute Gasteiger partial charge is 0.164 e. The molecule has 0 bridgehead atoms. The van der Waals surface area contributed by atoms with Crippen LogP contribution in [0.3, 0.4) is 0 Å². The Morgan fingerprint density at radius 3 is 1.90 bits per heavy atom. The number of aromatic nitrogens is 4. The van der Waals surface area contributed by atoms with Gasteiger partial charge in [0.05, 0.1) is 17.9 Å². The lowest BCUT2D eigenvalue weighted by molar-refractivity contribution is 1.07. The molecule has 0 spiro atoms. The molecule has 7 aromatic carbocycles. The number of benzene rings is 7. The van der Waals surface area contributed by atoms with Gasteiger partial charge in [-0.05, 0) is 53.6 Å². The van der Waals surface area contributed by atoms with Crippen LogP contribution in [0.5, 0.6) is 0 Å². The number of nitrogens with zero attached hydrogens (tertiary/aromatic N) is 4. The molecular formula is C45H28N4S. The highest BCUT2D eigenvalue weighted by molar-refractivity contribution is 7.26. The Balaban J connectivity index is 1.15. The summed E-state index contributed by atoms with van der Waals surface area (Å²) in [7, 11) is 0. The average Bonchev–Trinajstić information content (AvgIpc) is 3.78. The third kappa shape index (κ3) is 4.71. The van der Waals surface area contributed by atoms with E-state index in [2.05, 4.69) is 77.4 Å². The van der Waals surface area contributed by atoms with Crippen LogP contribution in [-0.4, -0.2) is 19.5 Å². The molecule has 10 aromatic rings. The van der Waals surface area contributed by atoms with Gasteiger partial charge in [0.1, 0.15) is 0 Å². The van der Waals surface area contributed by atoms with Crippen LogP contribution in [0.4, 0.5) is 0 Å². The lowest BCUT2D eigenvalue weighted by Gasteiger charge is -2.10. The maximum atomic E-state index is 8.64. The van der Waals surface area contributed by atoms with E-state index in [1.54, 1.807) is 0 Å². The van der Waals surface area contributed by atoms with Crippen molar-refractivity contribution in [2.75, 3.05) is 0 Å². The summed E-state index contributed by atoms with van der Waals surface area (Å²) in [6.45, 7) is 0. The van der Waals surface area contributed by atoms with E-state index in [1.807, 2.05) is 66.7 Å². The second-order valence-corrected chi connectivity index (χ2v) is 13.1. The first kappa shape index (κ1) is 23.8. The van der Waals surface area contributed by atoms with Crippen LogP contribution in [-0.2, 0) is 0 Å². The molecule has 0 aliphatic rings. The zero-order valence-electron chi connectivity index (χ0n) is 31.5. The summed E-state index contributed by atoms with van der Waals surface area (Å²) >= 11 is 1.52. The van der Waals surface area contributed by atoms with Crippen molar-refractivity contribution in [3.8, 4) is 51.0 Å². The molecule has 4 nitrogen and oxygen atoms in total. The second kappa shape index (κ2) is 11.6. The highest BCUT2D eigenvalue weighted by Gasteiger charge is 2.18. The van der Waals surface area contributed by atoms with E-state index in [-0.39, 0.29) is 29.7 Å². The lowest BCUT2D eigenvalue weighted by atomic mass is 10.0. The molecule has 0 fully saturated rings. The van der Waals surface area contributed by atoms with Gasteiger partial charge in [0.25, 0.3) is 0 Å². The van der Waals surface area contributed by atoms with E-state index in [0.29, 0.717) is 23.0 Å². The Morgan fingerprint density at radius 1 is 0.460 bits per heavy atom. The minimum absolute atomic E-state index is 0.196. The zero-order valence-corrected chi connectivity index (χ0v) is 27.3. The van der Waals surface area contributed by atoms with E-state index >= 15 is 0 Å². The number of hydrogen-bond donors (Lipinski definition) is 0. The summed E-state index contributed by atoms with van der Waals surface area (Å²) in [5, 5.41) is 4.18. The molecule has 0 atom stereocenters. The van der Waals surface area contributed by atoms with Crippen molar-refractivity contribution >= 4 is 53.3 Å². The van der Waals surface area contributed by atoms with Crippen LogP contribution in [0.15, 0.2) is 170 Å². The first-order chi connectivity index (χ1) is 26.9. The Bertz CT molecular complexity index is 3130. The fraction of sp³-hybridized carbons (Fsp3) is 0. The molecule has 0 amide bonds. The highest BCUT2D eigenvalue weighted by atomic mass is 32.1. The molecule has 3 heterocycles. The van der Waals surface area contributed by atoms with Crippen molar-refractivity contribution in [2.45, 2.75) is 0 Å². The van der Waals surface area contributed by atoms with Gasteiger partial charge in [-0.1, -0.05) is 127 Å². The maximum absolute atomic E-state index is 8.64. The van der Waals surface area contributed by atoms with Gasteiger partial charge in [0.15, 0.2) is 17.5 Å². The van der Waals surface area contributed by atoms with Crippen LogP contribution in [0, 0.1) is 0 Å². The number of fused-ring (bicyclic) bond motifs is 6. The van der Waals surface area contributed by atoms with Crippen molar-refractivity contribution in [2.24, 2.45) is 0 Å². The van der Waals surface area contributed by atoms with Crippen molar-refractivity contribution < 1.29 is 6.85 Å². The van der Waals surface area contributed by atoms with Gasteiger partial charge in [-0.3, -0.25) is 0 Å². The first-order valence-electron chi connectivity index (χ1n) is 18.8. The molecule has 5 heteroatoms. The number of para-hydroxylation sites is 2. The molecular weight excluding hydrogens is 629 g/mol. The Kier molecular flexibility index (Phi) is 5.54. The summed E-state index contributed by atoms with van der Waals surface area (Å²) in [5.41, 5.74) is 6.66. The first-order valence-corrected chi connectivity index (χ1v) is 17.1. The largest absolute Gasteiger partial charge is 0.309 e. The van der Waals surface area contributed by atoms with Gasteiger partial charge in [0, 0.05) is 53.3 Å². The average molecular weight is 662 g/mol. The Morgan fingerprint density at radius 2 is 1.10 bits per heavy atom. The number of thiophene rings is 1. The predicted octanol–water partition coefficient (Wildman–Crippen LogP) is 12.0. The van der Waals surface area contributed by atoms with E-state index in [1.165, 1.54) is 11.3 Å². The second-order valence-electron chi connectivity index (χ2n) is 12.1. The fourth-order valence-electron chi connectivity index (χ4n) is 6.84. The molecule has 3 aromatic heterocycles.